The minimum Gasteiger partial charge on any atom is -0.465 e. The van der Waals surface area contributed by atoms with Crippen LogP contribution in [0.4, 0.5) is 16.6 Å². The molecule has 158 valence electrons. The van der Waals surface area contributed by atoms with Crippen LogP contribution in [0.15, 0.2) is 24.3 Å². The Labute approximate surface area is 180 Å². The summed E-state index contributed by atoms with van der Waals surface area (Å²) < 4.78 is 0. The number of fused-ring (bicyclic) bond motifs is 2. The van der Waals surface area contributed by atoms with Gasteiger partial charge in [-0.2, -0.15) is 4.98 Å². The molecule has 3 aliphatic rings. The Hall–Kier alpha value is -2.54. The number of amides is 1. The second-order valence-corrected chi connectivity index (χ2v) is 9.05. The minimum absolute atomic E-state index is 0.0301. The van der Waals surface area contributed by atoms with Crippen molar-refractivity contribution in [3.8, 4) is 0 Å². The van der Waals surface area contributed by atoms with E-state index in [2.05, 4.69) is 20.9 Å². The highest BCUT2D eigenvalue weighted by Crippen LogP contribution is 2.40. The van der Waals surface area contributed by atoms with Gasteiger partial charge in [-0.3, -0.25) is 0 Å². The lowest BCUT2D eigenvalue weighted by molar-refractivity contribution is 0.0965. The Morgan fingerprint density at radius 2 is 2.03 bits per heavy atom. The zero-order valence-electron chi connectivity index (χ0n) is 16.8. The third kappa shape index (κ3) is 3.35. The lowest BCUT2D eigenvalue weighted by atomic mass is 9.82. The number of halogens is 1. The second-order valence-electron chi connectivity index (χ2n) is 8.64. The average Bonchev–Trinajstić information content (AvgIpc) is 3.17. The highest BCUT2D eigenvalue weighted by atomic mass is 35.5. The summed E-state index contributed by atoms with van der Waals surface area (Å²) in [5, 5.41) is 10.4. The van der Waals surface area contributed by atoms with Crippen molar-refractivity contribution in [3.05, 3.63) is 46.1 Å². The third-order valence-electron chi connectivity index (χ3n) is 6.94. The Balaban J connectivity index is 1.43. The third-order valence-corrected chi connectivity index (χ3v) is 7.29. The van der Waals surface area contributed by atoms with Crippen molar-refractivity contribution in [3.63, 3.8) is 0 Å². The molecule has 30 heavy (non-hydrogen) atoms. The smallest absolute Gasteiger partial charge is 0.407 e. The molecule has 8 heteroatoms. The number of benzene rings is 1. The lowest BCUT2D eigenvalue weighted by Gasteiger charge is -2.34. The molecule has 3 N–H and O–H groups in total. The van der Waals surface area contributed by atoms with Crippen molar-refractivity contribution >= 4 is 29.5 Å². The standard InChI is InChI=1S/C22H26ClN5O2/c23-17-6-2-1-5-15(17)13-7-8-16-18(10-13)25-21(24)26-20(16)27-11-14-4-3-9-28(22(29)30)19(14)12-27/h1-2,5-6,13-14,19H,3-4,7-12H2,(H,29,30)(H2,24,25,26). The van der Waals surface area contributed by atoms with Crippen molar-refractivity contribution in [2.24, 2.45) is 5.92 Å². The first-order valence-corrected chi connectivity index (χ1v) is 11.0. The number of nitrogen functional groups attached to an aromatic ring is 1. The molecule has 2 aliphatic heterocycles. The summed E-state index contributed by atoms with van der Waals surface area (Å²) in [7, 11) is 0. The van der Waals surface area contributed by atoms with Gasteiger partial charge in [-0.15, -0.1) is 0 Å². The van der Waals surface area contributed by atoms with E-state index < -0.39 is 6.09 Å². The molecule has 2 aromatic rings. The maximum atomic E-state index is 11.7. The largest absolute Gasteiger partial charge is 0.465 e. The summed E-state index contributed by atoms with van der Waals surface area (Å²) in [5.41, 5.74) is 9.43. The first-order valence-electron chi connectivity index (χ1n) is 10.7. The van der Waals surface area contributed by atoms with E-state index in [1.54, 1.807) is 4.90 Å². The van der Waals surface area contributed by atoms with Crippen LogP contribution in [0.3, 0.4) is 0 Å². The van der Waals surface area contributed by atoms with Gasteiger partial charge in [0.1, 0.15) is 5.82 Å². The number of anilines is 2. The van der Waals surface area contributed by atoms with Crippen LogP contribution in [0.1, 0.15) is 42.0 Å². The number of hydrogen-bond donors (Lipinski definition) is 2. The summed E-state index contributed by atoms with van der Waals surface area (Å²) in [6, 6.07) is 8.04. The van der Waals surface area contributed by atoms with E-state index in [4.69, 9.17) is 17.3 Å². The van der Waals surface area contributed by atoms with Crippen LogP contribution >= 0.6 is 11.6 Å². The van der Waals surface area contributed by atoms with Gasteiger partial charge in [-0.05, 0) is 55.6 Å². The quantitative estimate of drug-likeness (QED) is 0.760. The molecular formula is C22H26ClN5O2. The Bertz CT molecular complexity index is 984. The van der Waals surface area contributed by atoms with Crippen molar-refractivity contribution in [2.45, 2.75) is 44.1 Å². The predicted molar refractivity (Wildman–Crippen MR) is 116 cm³/mol. The van der Waals surface area contributed by atoms with E-state index >= 15 is 0 Å². The van der Waals surface area contributed by atoms with E-state index in [-0.39, 0.29) is 12.0 Å². The monoisotopic (exact) mass is 427 g/mol. The van der Waals surface area contributed by atoms with Crippen molar-refractivity contribution in [1.82, 2.24) is 14.9 Å². The van der Waals surface area contributed by atoms with Gasteiger partial charge >= 0.3 is 6.09 Å². The fourth-order valence-electron chi connectivity index (χ4n) is 5.54. The first-order chi connectivity index (χ1) is 14.5. The molecule has 2 fully saturated rings. The van der Waals surface area contributed by atoms with Crippen molar-refractivity contribution < 1.29 is 9.90 Å². The Morgan fingerprint density at radius 3 is 2.83 bits per heavy atom. The van der Waals surface area contributed by atoms with Crippen molar-refractivity contribution in [1.29, 1.82) is 0 Å². The summed E-state index contributed by atoms with van der Waals surface area (Å²) in [6.07, 6.45) is 3.81. The van der Waals surface area contributed by atoms with Gasteiger partial charge in [-0.25, -0.2) is 9.78 Å². The fourth-order valence-corrected chi connectivity index (χ4v) is 5.83. The van der Waals surface area contributed by atoms with Crippen LogP contribution in [0.2, 0.25) is 5.02 Å². The van der Waals surface area contributed by atoms with Gasteiger partial charge in [0.05, 0.1) is 11.7 Å². The summed E-state index contributed by atoms with van der Waals surface area (Å²) >= 11 is 6.44. The highest BCUT2D eigenvalue weighted by molar-refractivity contribution is 6.31. The highest BCUT2D eigenvalue weighted by Gasteiger charge is 2.42. The second kappa shape index (κ2) is 7.61. The molecule has 3 atom stereocenters. The van der Waals surface area contributed by atoms with Gasteiger partial charge in [0.2, 0.25) is 5.95 Å². The Morgan fingerprint density at radius 1 is 1.20 bits per heavy atom. The predicted octanol–water partition coefficient (Wildman–Crippen LogP) is 3.56. The average molecular weight is 428 g/mol. The molecule has 3 heterocycles. The number of hydrogen-bond acceptors (Lipinski definition) is 5. The van der Waals surface area contributed by atoms with Gasteiger partial charge < -0.3 is 20.6 Å². The number of rotatable bonds is 2. The molecule has 3 unspecified atom stereocenters. The first kappa shape index (κ1) is 19.4. The topological polar surface area (TPSA) is 95.6 Å². The zero-order valence-corrected chi connectivity index (χ0v) is 17.6. The van der Waals surface area contributed by atoms with E-state index in [9.17, 15) is 9.90 Å². The van der Waals surface area contributed by atoms with Crippen LogP contribution in [0.5, 0.6) is 0 Å². The van der Waals surface area contributed by atoms with Crippen LogP contribution in [-0.2, 0) is 12.8 Å². The maximum absolute atomic E-state index is 11.7. The number of piperidine rings is 1. The number of nitrogens with zero attached hydrogens (tertiary/aromatic N) is 4. The molecule has 1 aromatic carbocycles. The SMILES string of the molecule is Nc1nc2c(c(N3CC4CCCN(C(=O)O)C4C3)n1)CCC(c1ccccc1Cl)C2. The lowest BCUT2D eigenvalue weighted by Crippen LogP contribution is -2.47. The molecule has 0 saturated carbocycles. The normalized spacial score (nSPS) is 25.7. The van der Waals surface area contributed by atoms with Gasteiger partial charge in [0.25, 0.3) is 0 Å². The Kier molecular flexibility index (Phi) is 4.93. The minimum atomic E-state index is -0.821. The van der Waals surface area contributed by atoms with E-state index in [1.165, 1.54) is 0 Å². The molecule has 1 amide bonds. The van der Waals surface area contributed by atoms with Gasteiger partial charge in [0, 0.05) is 30.2 Å². The molecule has 0 radical (unpaired) electrons. The van der Waals surface area contributed by atoms with Gasteiger partial charge in [0.15, 0.2) is 0 Å². The van der Waals surface area contributed by atoms with Crippen LogP contribution < -0.4 is 10.6 Å². The number of likely N-dealkylation sites (tertiary alicyclic amines) is 1. The number of carbonyl (C=O) groups is 1. The molecule has 1 aromatic heterocycles. The molecule has 2 saturated heterocycles. The van der Waals surface area contributed by atoms with Crippen LogP contribution in [0, 0.1) is 5.92 Å². The molecule has 0 spiro atoms. The molecular weight excluding hydrogens is 402 g/mol. The fraction of sp³-hybridized carbons (Fsp3) is 0.500. The van der Waals surface area contributed by atoms with E-state index in [0.29, 0.717) is 24.9 Å². The van der Waals surface area contributed by atoms with E-state index in [0.717, 1.165) is 66.3 Å². The van der Waals surface area contributed by atoms with Crippen molar-refractivity contribution in [2.75, 3.05) is 30.3 Å². The number of aromatic nitrogens is 2. The number of nitrogens with two attached hydrogens (primary N) is 1. The number of carboxylic acid groups (broad SMARTS) is 1. The van der Waals surface area contributed by atoms with E-state index in [1.807, 2.05) is 18.2 Å². The molecule has 5 rings (SSSR count). The van der Waals surface area contributed by atoms with Gasteiger partial charge in [-0.1, -0.05) is 29.8 Å². The molecule has 7 nitrogen and oxygen atoms in total. The van der Waals surface area contributed by atoms with Crippen LogP contribution in [0.25, 0.3) is 0 Å². The summed E-state index contributed by atoms with van der Waals surface area (Å²) in [4.78, 5) is 24.7. The zero-order chi connectivity index (χ0) is 20.8. The summed E-state index contributed by atoms with van der Waals surface area (Å²) in [6.45, 7) is 2.12. The maximum Gasteiger partial charge on any atom is 0.407 e. The van der Waals surface area contributed by atoms with Crippen LogP contribution in [-0.4, -0.2) is 51.7 Å². The summed E-state index contributed by atoms with van der Waals surface area (Å²) in [5.74, 6) is 1.85. The molecule has 0 bridgehead atoms. The molecule has 1 aliphatic carbocycles.